The Labute approximate surface area is 104 Å². The third-order valence-electron chi connectivity index (χ3n) is 2.24. The van der Waals surface area contributed by atoms with Gasteiger partial charge in [0.2, 0.25) is 0 Å². The number of benzene rings is 1. The monoisotopic (exact) mass is 250 g/mol. The first-order valence-electron chi connectivity index (χ1n) is 5.08. The normalized spacial score (nSPS) is 10.6. The molecule has 0 atom stereocenters. The van der Waals surface area contributed by atoms with Gasteiger partial charge in [-0.2, -0.15) is 11.8 Å². The molecule has 2 rings (SSSR count). The molecule has 84 valence electrons. The molecule has 1 aromatic carbocycles. The molecule has 2 aromatic rings. The molecule has 4 heteroatoms. The van der Waals surface area contributed by atoms with Crippen LogP contribution in [-0.4, -0.2) is 11.2 Å². The van der Waals surface area contributed by atoms with Crippen LogP contribution in [0.5, 0.6) is 0 Å². The van der Waals surface area contributed by atoms with Gasteiger partial charge in [0.1, 0.15) is 5.01 Å². The maximum atomic E-state index is 5.73. The van der Waals surface area contributed by atoms with Gasteiger partial charge < -0.3 is 5.73 Å². The van der Waals surface area contributed by atoms with Crippen molar-refractivity contribution < 1.29 is 0 Å². The van der Waals surface area contributed by atoms with E-state index in [0.29, 0.717) is 6.54 Å². The largest absolute Gasteiger partial charge is 0.325 e. The minimum absolute atomic E-state index is 0.509. The van der Waals surface area contributed by atoms with E-state index >= 15 is 0 Å². The summed E-state index contributed by atoms with van der Waals surface area (Å²) in [6.07, 6.45) is 2.09. The second kappa shape index (κ2) is 5.48. The second-order valence-electron chi connectivity index (χ2n) is 3.39. The molecule has 0 bridgehead atoms. The summed E-state index contributed by atoms with van der Waals surface area (Å²) in [7, 11) is 0. The highest BCUT2D eigenvalue weighted by Gasteiger charge is 2.10. The Kier molecular flexibility index (Phi) is 3.98. The standard InChI is InChI=1S/C12H14N2S2/c1-15-8-11-14-10(7-13)12(16-11)9-5-3-2-4-6-9/h2-6H,7-8,13H2,1H3. The molecule has 0 aliphatic rings. The summed E-state index contributed by atoms with van der Waals surface area (Å²) in [5.74, 6) is 0.963. The quantitative estimate of drug-likeness (QED) is 0.906. The Morgan fingerprint density at radius 1 is 1.31 bits per heavy atom. The first kappa shape index (κ1) is 11.6. The fourth-order valence-electron chi connectivity index (χ4n) is 1.54. The fraction of sp³-hybridized carbons (Fsp3) is 0.250. The van der Waals surface area contributed by atoms with E-state index < -0.39 is 0 Å². The summed E-state index contributed by atoms with van der Waals surface area (Å²) in [6.45, 7) is 0.509. The number of thioether (sulfide) groups is 1. The Morgan fingerprint density at radius 3 is 2.69 bits per heavy atom. The number of aromatic nitrogens is 1. The average Bonchev–Trinajstić information content (AvgIpc) is 2.74. The number of thiazole rings is 1. The van der Waals surface area contributed by atoms with E-state index in [9.17, 15) is 0 Å². The van der Waals surface area contributed by atoms with Crippen LogP contribution in [0.25, 0.3) is 10.4 Å². The van der Waals surface area contributed by atoms with Crippen LogP contribution in [0.2, 0.25) is 0 Å². The molecule has 0 spiro atoms. The predicted molar refractivity (Wildman–Crippen MR) is 72.7 cm³/mol. The van der Waals surface area contributed by atoms with Crippen molar-refractivity contribution in [2.75, 3.05) is 6.26 Å². The van der Waals surface area contributed by atoms with Gasteiger partial charge in [0.25, 0.3) is 0 Å². The van der Waals surface area contributed by atoms with E-state index in [1.807, 2.05) is 18.2 Å². The lowest BCUT2D eigenvalue weighted by atomic mass is 10.1. The molecule has 2 N–H and O–H groups in total. The Morgan fingerprint density at radius 2 is 2.06 bits per heavy atom. The van der Waals surface area contributed by atoms with Gasteiger partial charge in [0.15, 0.2) is 0 Å². The lowest BCUT2D eigenvalue weighted by molar-refractivity contribution is 0.998. The summed E-state index contributed by atoms with van der Waals surface area (Å²) in [5, 5.41) is 1.16. The molecule has 1 heterocycles. The van der Waals surface area contributed by atoms with Crippen molar-refractivity contribution in [2.24, 2.45) is 5.73 Å². The molecule has 0 unspecified atom stereocenters. The van der Waals surface area contributed by atoms with E-state index in [2.05, 4.69) is 23.4 Å². The van der Waals surface area contributed by atoms with Gasteiger partial charge in [-0.05, 0) is 11.8 Å². The minimum Gasteiger partial charge on any atom is -0.325 e. The zero-order valence-electron chi connectivity index (χ0n) is 9.14. The number of hydrogen-bond donors (Lipinski definition) is 1. The number of rotatable bonds is 4. The molecule has 16 heavy (non-hydrogen) atoms. The maximum absolute atomic E-state index is 5.73. The second-order valence-corrected chi connectivity index (χ2v) is 5.34. The van der Waals surface area contributed by atoms with Gasteiger partial charge in [0.05, 0.1) is 10.6 Å². The lowest BCUT2D eigenvalue weighted by Crippen LogP contribution is -1.98. The zero-order valence-corrected chi connectivity index (χ0v) is 10.8. The highest BCUT2D eigenvalue weighted by molar-refractivity contribution is 7.97. The van der Waals surface area contributed by atoms with Crippen molar-refractivity contribution in [3.8, 4) is 10.4 Å². The Balaban J connectivity index is 2.39. The van der Waals surface area contributed by atoms with Gasteiger partial charge in [-0.15, -0.1) is 11.3 Å². The molecule has 0 aliphatic carbocycles. The predicted octanol–water partition coefficient (Wildman–Crippen LogP) is 3.13. The number of nitrogens with two attached hydrogens (primary N) is 1. The van der Waals surface area contributed by atoms with Crippen molar-refractivity contribution >= 4 is 23.1 Å². The SMILES string of the molecule is CSCc1nc(CN)c(-c2ccccc2)s1. The topological polar surface area (TPSA) is 38.9 Å². The molecule has 2 nitrogen and oxygen atoms in total. The average molecular weight is 250 g/mol. The van der Waals surface area contributed by atoms with Gasteiger partial charge in [-0.1, -0.05) is 30.3 Å². The smallest absolute Gasteiger partial charge is 0.103 e. The maximum Gasteiger partial charge on any atom is 0.103 e. The zero-order chi connectivity index (χ0) is 11.4. The van der Waals surface area contributed by atoms with E-state index in [4.69, 9.17) is 5.73 Å². The van der Waals surface area contributed by atoms with Crippen LogP contribution in [-0.2, 0) is 12.3 Å². The molecule has 0 amide bonds. The first-order valence-corrected chi connectivity index (χ1v) is 7.29. The van der Waals surface area contributed by atoms with Crippen molar-refractivity contribution in [2.45, 2.75) is 12.3 Å². The van der Waals surface area contributed by atoms with Gasteiger partial charge in [-0.3, -0.25) is 0 Å². The van der Waals surface area contributed by atoms with E-state index in [0.717, 1.165) is 16.5 Å². The van der Waals surface area contributed by atoms with Crippen LogP contribution < -0.4 is 5.73 Å². The third kappa shape index (κ3) is 2.45. The van der Waals surface area contributed by atoms with Crippen molar-refractivity contribution in [1.29, 1.82) is 0 Å². The Bertz CT molecular complexity index is 451. The van der Waals surface area contributed by atoms with Crippen LogP contribution >= 0.6 is 23.1 Å². The van der Waals surface area contributed by atoms with Crippen LogP contribution in [0.4, 0.5) is 0 Å². The highest BCUT2D eigenvalue weighted by atomic mass is 32.2. The first-order chi connectivity index (χ1) is 7.85. The van der Waals surface area contributed by atoms with Crippen LogP contribution in [0.3, 0.4) is 0 Å². The van der Waals surface area contributed by atoms with Gasteiger partial charge >= 0.3 is 0 Å². The number of nitrogens with zero attached hydrogens (tertiary/aromatic N) is 1. The molecule has 0 radical (unpaired) electrons. The fourth-order valence-corrected chi connectivity index (χ4v) is 3.33. The summed E-state index contributed by atoms with van der Waals surface area (Å²) >= 11 is 3.54. The van der Waals surface area contributed by atoms with E-state index in [1.165, 1.54) is 10.4 Å². The molecule has 0 saturated heterocycles. The molecule has 0 fully saturated rings. The summed E-state index contributed by atoms with van der Waals surface area (Å²) < 4.78 is 0. The lowest BCUT2D eigenvalue weighted by Gasteiger charge is -1.98. The van der Waals surface area contributed by atoms with Gasteiger partial charge in [0, 0.05) is 12.3 Å². The molecular weight excluding hydrogens is 236 g/mol. The third-order valence-corrected chi connectivity index (χ3v) is 4.13. The summed E-state index contributed by atoms with van der Waals surface area (Å²) in [5.41, 5.74) is 7.96. The highest BCUT2D eigenvalue weighted by Crippen LogP contribution is 2.31. The van der Waals surface area contributed by atoms with Crippen LogP contribution in [0.1, 0.15) is 10.7 Å². The summed E-state index contributed by atoms with van der Waals surface area (Å²) in [6, 6.07) is 10.3. The Hall–Kier alpha value is -0.840. The number of hydrogen-bond acceptors (Lipinski definition) is 4. The van der Waals surface area contributed by atoms with Gasteiger partial charge in [-0.25, -0.2) is 4.98 Å². The molecule has 1 aromatic heterocycles. The van der Waals surface area contributed by atoms with Crippen molar-refractivity contribution in [3.63, 3.8) is 0 Å². The molecule has 0 saturated carbocycles. The van der Waals surface area contributed by atoms with Crippen LogP contribution in [0, 0.1) is 0 Å². The van der Waals surface area contributed by atoms with E-state index in [-0.39, 0.29) is 0 Å². The summed E-state index contributed by atoms with van der Waals surface area (Å²) in [4.78, 5) is 5.78. The van der Waals surface area contributed by atoms with Crippen LogP contribution in [0.15, 0.2) is 30.3 Å². The molecular formula is C12H14N2S2. The van der Waals surface area contributed by atoms with Crippen molar-refractivity contribution in [3.05, 3.63) is 41.0 Å². The molecule has 0 aliphatic heterocycles. The minimum atomic E-state index is 0.509. The van der Waals surface area contributed by atoms with E-state index in [1.54, 1.807) is 23.1 Å². The van der Waals surface area contributed by atoms with Crippen molar-refractivity contribution in [1.82, 2.24) is 4.98 Å².